The molecule has 2 aromatic rings. The van der Waals surface area contributed by atoms with Crippen molar-refractivity contribution < 1.29 is 9.59 Å². The number of rotatable bonds is 7. The number of amides is 2. The highest BCUT2D eigenvalue weighted by Crippen LogP contribution is 2.45. The van der Waals surface area contributed by atoms with Crippen LogP contribution in [0, 0.1) is 6.92 Å². The average Bonchev–Trinajstić information content (AvgIpc) is 3.20. The quantitative estimate of drug-likeness (QED) is 0.308. The van der Waals surface area contributed by atoms with Gasteiger partial charge >= 0.3 is 0 Å². The molecule has 4 rings (SSSR count). The molecule has 0 atom stereocenters. The van der Waals surface area contributed by atoms with E-state index in [0.717, 1.165) is 42.5 Å². The Morgan fingerprint density at radius 1 is 0.903 bits per heavy atom. The number of carbonyl (C=O) groups excluding carboxylic acids is 2. The van der Waals surface area contributed by atoms with E-state index >= 15 is 0 Å². The number of fused-ring (bicyclic) bond motifs is 1. The van der Waals surface area contributed by atoms with E-state index < -0.39 is 0 Å². The van der Waals surface area contributed by atoms with Crippen LogP contribution in [0.2, 0.25) is 0 Å². The molecule has 2 amide bonds. The first-order chi connectivity index (χ1) is 15.0. The third-order valence-corrected chi connectivity index (χ3v) is 7.14. The van der Waals surface area contributed by atoms with Gasteiger partial charge in [0, 0.05) is 12.1 Å². The first-order valence-corrected chi connectivity index (χ1v) is 12.0. The lowest BCUT2D eigenvalue weighted by Gasteiger charge is -2.17. The van der Waals surface area contributed by atoms with Gasteiger partial charge in [0.1, 0.15) is 4.32 Å². The van der Waals surface area contributed by atoms with Crippen LogP contribution >= 0.6 is 24.0 Å². The van der Waals surface area contributed by atoms with Crippen LogP contribution in [-0.2, 0) is 16.1 Å². The number of hydrogen-bond donors (Lipinski definition) is 0. The maximum absolute atomic E-state index is 13.5. The summed E-state index contributed by atoms with van der Waals surface area (Å²) < 4.78 is 0.547. The van der Waals surface area contributed by atoms with Gasteiger partial charge in [0.05, 0.1) is 22.7 Å². The van der Waals surface area contributed by atoms with Crippen molar-refractivity contribution in [3.63, 3.8) is 0 Å². The highest BCUT2D eigenvalue weighted by atomic mass is 32.2. The van der Waals surface area contributed by atoms with E-state index in [1.165, 1.54) is 17.3 Å². The summed E-state index contributed by atoms with van der Waals surface area (Å²) in [5.74, 6) is -0.268. The smallest absolute Gasteiger partial charge is 0.267 e. The summed E-state index contributed by atoms with van der Waals surface area (Å²) in [4.78, 5) is 30.6. The van der Waals surface area contributed by atoms with Crippen molar-refractivity contribution in [2.24, 2.45) is 0 Å². The summed E-state index contributed by atoms with van der Waals surface area (Å²) in [5, 5.41) is 0. The second kappa shape index (κ2) is 9.37. The van der Waals surface area contributed by atoms with E-state index in [-0.39, 0.29) is 11.8 Å². The fourth-order valence-electron chi connectivity index (χ4n) is 3.97. The van der Waals surface area contributed by atoms with Crippen molar-refractivity contribution in [2.75, 3.05) is 11.4 Å². The van der Waals surface area contributed by atoms with Crippen LogP contribution in [-0.4, -0.2) is 27.6 Å². The van der Waals surface area contributed by atoms with E-state index in [1.54, 1.807) is 9.80 Å². The Bertz CT molecular complexity index is 1060. The number of hydrogen-bond acceptors (Lipinski definition) is 4. The Labute approximate surface area is 193 Å². The predicted molar refractivity (Wildman–Crippen MR) is 132 cm³/mol. The Morgan fingerprint density at radius 2 is 1.65 bits per heavy atom. The molecule has 6 heteroatoms. The van der Waals surface area contributed by atoms with E-state index in [4.69, 9.17) is 12.2 Å². The van der Waals surface area contributed by atoms with Gasteiger partial charge in [0.15, 0.2) is 0 Å². The van der Waals surface area contributed by atoms with Crippen LogP contribution < -0.4 is 4.90 Å². The number of benzene rings is 2. The molecule has 0 unspecified atom stereocenters. The highest BCUT2D eigenvalue weighted by molar-refractivity contribution is 8.26. The van der Waals surface area contributed by atoms with Gasteiger partial charge in [0.2, 0.25) is 0 Å². The second-order valence-electron chi connectivity index (χ2n) is 7.98. The third kappa shape index (κ3) is 4.32. The number of unbranched alkanes of at least 4 members (excludes halogenated alkanes) is 3. The molecule has 0 aromatic heterocycles. The fraction of sp³-hybridized carbons (Fsp3) is 0.320. The van der Waals surface area contributed by atoms with E-state index in [0.29, 0.717) is 27.9 Å². The zero-order valence-electron chi connectivity index (χ0n) is 17.9. The van der Waals surface area contributed by atoms with Crippen LogP contribution in [0.1, 0.15) is 49.3 Å². The molecule has 0 N–H and O–H groups in total. The normalized spacial score (nSPS) is 18.3. The number of thioether (sulfide) groups is 1. The minimum absolute atomic E-state index is 0.131. The lowest BCUT2D eigenvalue weighted by molar-refractivity contribution is -0.122. The average molecular weight is 451 g/mol. The van der Waals surface area contributed by atoms with Gasteiger partial charge in [-0.25, -0.2) is 0 Å². The van der Waals surface area contributed by atoms with Crippen LogP contribution in [0.15, 0.2) is 53.4 Å². The SMILES string of the molecule is CCCCCCN1C(=O)/C(=C2/C(=O)N(Cc3ccc(C)cc3)c3ccccc32)SC1=S. The zero-order valence-corrected chi connectivity index (χ0v) is 19.5. The molecule has 2 heterocycles. The van der Waals surface area contributed by atoms with Crippen LogP contribution in [0.5, 0.6) is 0 Å². The van der Waals surface area contributed by atoms with Gasteiger partial charge < -0.3 is 4.90 Å². The molecule has 0 radical (unpaired) electrons. The van der Waals surface area contributed by atoms with Crippen molar-refractivity contribution in [3.8, 4) is 0 Å². The standard InChI is InChI=1S/C25H26N2O2S2/c1-3-4-5-8-15-26-24(29)22(31-25(26)30)21-19-9-6-7-10-20(19)27(23(21)28)16-18-13-11-17(2)12-14-18/h6-7,9-14H,3-5,8,15-16H2,1-2H3/b22-21-. The molecule has 0 aliphatic carbocycles. The van der Waals surface area contributed by atoms with Gasteiger partial charge in [-0.15, -0.1) is 0 Å². The molecular formula is C25H26N2O2S2. The molecule has 160 valence electrons. The maximum Gasteiger partial charge on any atom is 0.267 e. The van der Waals surface area contributed by atoms with Crippen molar-refractivity contribution in [2.45, 2.75) is 46.1 Å². The Morgan fingerprint density at radius 3 is 2.39 bits per heavy atom. The molecule has 31 heavy (non-hydrogen) atoms. The molecule has 2 aliphatic heterocycles. The Hall–Kier alpha value is -2.44. The minimum atomic E-state index is -0.137. The number of nitrogens with zero attached hydrogens (tertiary/aromatic N) is 2. The van der Waals surface area contributed by atoms with Crippen LogP contribution in [0.3, 0.4) is 0 Å². The van der Waals surface area contributed by atoms with Crippen molar-refractivity contribution in [3.05, 3.63) is 70.1 Å². The molecule has 1 fully saturated rings. The van der Waals surface area contributed by atoms with E-state index in [1.807, 2.05) is 55.5 Å². The monoisotopic (exact) mass is 450 g/mol. The highest BCUT2D eigenvalue weighted by Gasteiger charge is 2.41. The summed E-state index contributed by atoms with van der Waals surface area (Å²) in [5.41, 5.74) is 4.37. The number of thiocarbonyl (C=S) groups is 1. The summed E-state index contributed by atoms with van der Waals surface area (Å²) in [7, 11) is 0. The number of anilines is 1. The number of aryl methyl sites for hydroxylation is 1. The molecule has 0 bridgehead atoms. The Kier molecular flexibility index (Phi) is 6.58. The molecule has 4 nitrogen and oxygen atoms in total. The number of para-hydroxylation sites is 1. The lowest BCUT2D eigenvalue weighted by Crippen LogP contribution is -2.30. The van der Waals surface area contributed by atoms with Gasteiger partial charge in [-0.3, -0.25) is 14.5 Å². The van der Waals surface area contributed by atoms with Gasteiger partial charge in [-0.1, -0.05) is 98.2 Å². The maximum atomic E-state index is 13.5. The summed E-state index contributed by atoms with van der Waals surface area (Å²) >= 11 is 6.76. The van der Waals surface area contributed by atoms with Gasteiger partial charge in [-0.2, -0.15) is 0 Å². The summed E-state index contributed by atoms with van der Waals surface area (Å²) in [6.45, 7) is 5.29. The zero-order chi connectivity index (χ0) is 22.0. The second-order valence-corrected chi connectivity index (χ2v) is 9.63. The van der Waals surface area contributed by atoms with E-state index in [9.17, 15) is 9.59 Å². The van der Waals surface area contributed by atoms with Crippen LogP contribution in [0.25, 0.3) is 5.57 Å². The van der Waals surface area contributed by atoms with Gasteiger partial charge in [-0.05, 0) is 25.0 Å². The number of carbonyl (C=O) groups is 2. The van der Waals surface area contributed by atoms with Crippen molar-refractivity contribution in [1.82, 2.24) is 4.90 Å². The molecule has 0 saturated carbocycles. The molecule has 2 aliphatic rings. The molecule has 1 saturated heterocycles. The molecule has 0 spiro atoms. The molecule has 2 aromatic carbocycles. The topological polar surface area (TPSA) is 40.6 Å². The Balaban J connectivity index is 1.64. The first-order valence-electron chi connectivity index (χ1n) is 10.8. The largest absolute Gasteiger partial charge is 0.303 e. The first kappa shape index (κ1) is 21.8. The fourth-order valence-corrected chi connectivity index (χ4v) is 5.35. The van der Waals surface area contributed by atoms with Crippen molar-refractivity contribution in [1.29, 1.82) is 0 Å². The van der Waals surface area contributed by atoms with Crippen LogP contribution in [0.4, 0.5) is 5.69 Å². The van der Waals surface area contributed by atoms with E-state index in [2.05, 4.69) is 6.92 Å². The summed E-state index contributed by atoms with van der Waals surface area (Å²) in [6, 6.07) is 15.9. The predicted octanol–water partition coefficient (Wildman–Crippen LogP) is 5.69. The molecular weight excluding hydrogens is 424 g/mol. The van der Waals surface area contributed by atoms with Gasteiger partial charge in [0.25, 0.3) is 11.8 Å². The minimum Gasteiger partial charge on any atom is -0.303 e. The third-order valence-electron chi connectivity index (χ3n) is 5.70. The van der Waals surface area contributed by atoms with Crippen molar-refractivity contribution >= 4 is 51.4 Å². The summed E-state index contributed by atoms with van der Waals surface area (Å²) in [6.07, 6.45) is 4.29. The lowest BCUT2D eigenvalue weighted by atomic mass is 10.1.